The highest BCUT2D eigenvalue weighted by Crippen LogP contribution is 2.33. The fraction of sp³-hybridized carbons (Fsp3) is 0.368. The van der Waals surface area contributed by atoms with E-state index >= 15 is 0 Å². The maximum Gasteiger partial charge on any atom is 0.156 e. The molecule has 2 rings (SSSR count). The molecule has 0 aliphatic rings. The molecule has 0 saturated heterocycles. The second kappa shape index (κ2) is 13.4. The van der Waals surface area contributed by atoms with Crippen LogP contribution >= 0.6 is 39.1 Å². The summed E-state index contributed by atoms with van der Waals surface area (Å²) >= 11 is 15.6. The molecule has 0 saturated carbocycles. The van der Waals surface area contributed by atoms with Crippen molar-refractivity contribution < 1.29 is 9.47 Å². The van der Waals surface area contributed by atoms with Gasteiger partial charge in [-0.15, -0.1) is 0 Å². The highest BCUT2D eigenvalue weighted by Gasteiger charge is 2.08. The zero-order valence-corrected chi connectivity index (χ0v) is 17.9. The third kappa shape index (κ3) is 8.27. The molecule has 0 spiro atoms. The lowest BCUT2D eigenvalue weighted by atomic mass is 10.2. The topological polar surface area (TPSA) is 18.5 Å². The van der Waals surface area contributed by atoms with Crippen LogP contribution < -0.4 is 9.47 Å². The first kappa shape index (κ1) is 23.1. The molecule has 0 fully saturated rings. The lowest BCUT2D eigenvalue weighted by Gasteiger charge is -2.11. The average Bonchev–Trinajstić information content (AvgIpc) is 2.58. The van der Waals surface area contributed by atoms with Crippen LogP contribution in [0, 0.1) is 6.92 Å². The van der Waals surface area contributed by atoms with Crippen molar-refractivity contribution in [1.82, 2.24) is 0 Å². The van der Waals surface area contributed by atoms with Gasteiger partial charge in [-0.3, -0.25) is 0 Å². The van der Waals surface area contributed by atoms with E-state index in [0.29, 0.717) is 29.0 Å². The predicted molar refractivity (Wildman–Crippen MR) is 109 cm³/mol. The number of ether oxygens (including phenoxy) is 2. The molecule has 2 aromatic rings. The van der Waals surface area contributed by atoms with Crippen LogP contribution in [0.3, 0.4) is 0 Å². The van der Waals surface area contributed by atoms with Gasteiger partial charge in [-0.1, -0.05) is 66.8 Å². The molecule has 0 N–H and O–H groups in total. The van der Waals surface area contributed by atoms with E-state index in [1.54, 1.807) is 0 Å². The number of halogens is 3. The van der Waals surface area contributed by atoms with Crippen LogP contribution in [0.4, 0.5) is 0 Å². The molecule has 2 aromatic carbocycles. The van der Waals surface area contributed by atoms with Crippen LogP contribution in [0.15, 0.2) is 40.9 Å². The lowest BCUT2D eigenvalue weighted by molar-refractivity contribution is 0.217. The third-order valence-corrected chi connectivity index (χ3v) is 3.64. The van der Waals surface area contributed by atoms with E-state index in [4.69, 9.17) is 32.7 Å². The van der Waals surface area contributed by atoms with E-state index in [1.165, 1.54) is 0 Å². The Morgan fingerprint density at radius 1 is 0.833 bits per heavy atom. The molecule has 0 atom stereocenters. The van der Waals surface area contributed by atoms with E-state index in [0.717, 1.165) is 15.8 Å². The number of rotatable bonds is 5. The van der Waals surface area contributed by atoms with Crippen molar-refractivity contribution in [2.24, 2.45) is 0 Å². The van der Waals surface area contributed by atoms with Gasteiger partial charge in [0.2, 0.25) is 0 Å². The number of benzene rings is 2. The highest BCUT2D eigenvalue weighted by molar-refractivity contribution is 9.10. The Morgan fingerprint density at radius 2 is 1.29 bits per heavy atom. The summed E-state index contributed by atoms with van der Waals surface area (Å²) in [5.41, 5.74) is 0.999. The quantitative estimate of drug-likeness (QED) is 0.450. The van der Waals surface area contributed by atoms with Gasteiger partial charge >= 0.3 is 0 Å². The zero-order valence-electron chi connectivity index (χ0n) is 14.8. The van der Waals surface area contributed by atoms with Gasteiger partial charge in [0.15, 0.2) is 5.75 Å². The minimum absolute atomic E-state index is 0.374. The van der Waals surface area contributed by atoms with Crippen LogP contribution in [0.25, 0.3) is 0 Å². The maximum absolute atomic E-state index is 6.09. The molecular weight excluding hydrogens is 411 g/mol. The summed E-state index contributed by atoms with van der Waals surface area (Å²) in [5, 5.41) is 1.03. The molecule has 0 bridgehead atoms. The number of hydrogen-bond donors (Lipinski definition) is 0. The van der Waals surface area contributed by atoms with Crippen LogP contribution in [0.1, 0.15) is 33.3 Å². The standard InChI is InChI=1S/C15H13BrCl2O2.2C2H6/c1-10-8-13(17)15(14(18)9-10)20-7-6-19-12-4-2-11(16)3-5-12;2*1-2/h2-5,8-9H,6-7H2,1H3;2*1-2H3. The van der Waals surface area contributed by atoms with Gasteiger partial charge in [0.1, 0.15) is 19.0 Å². The van der Waals surface area contributed by atoms with Gasteiger partial charge in [0.05, 0.1) is 10.0 Å². The second-order valence-electron chi connectivity index (χ2n) is 4.21. The molecule has 0 amide bonds. The fourth-order valence-electron chi connectivity index (χ4n) is 1.66. The van der Waals surface area contributed by atoms with E-state index in [2.05, 4.69) is 15.9 Å². The molecule has 5 heteroatoms. The molecule has 24 heavy (non-hydrogen) atoms. The monoisotopic (exact) mass is 434 g/mol. The number of aryl methyl sites for hydroxylation is 1. The van der Waals surface area contributed by atoms with Crippen LogP contribution in [0.5, 0.6) is 11.5 Å². The average molecular weight is 436 g/mol. The minimum Gasteiger partial charge on any atom is -0.490 e. The first-order valence-corrected chi connectivity index (χ1v) is 9.58. The van der Waals surface area contributed by atoms with Crippen molar-refractivity contribution in [3.05, 3.63) is 56.5 Å². The van der Waals surface area contributed by atoms with Crippen molar-refractivity contribution in [2.75, 3.05) is 13.2 Å². The van der Waals surface area contributed by atoms with Crippen molar-refractivity contribution in [1.29, 1.82) is 0 Å². The van der Waals surface area contributed by atoms with Crippen molar-refractivity contribution in [3.63, 3.8) is 0 Å². The van der Waals surface area contributed by atoms with E-state index in [1.807, 2.05) is 71.0 Å². The molecular formula is C19H25BrCl2O2. The largest absolute Gasteiger partial charge is 0.490 e. The van der Waals surface area contributed by atoms with Gasteiger partial charge in [-0.05, 0) is 48.9 Å². The lowest BCUT2D eigenvalue weighted by Crippen LogP contribution is -2.09. The van der Waals surface area contributed by atoms with Crippen LogP contribution in [0.2, 0.25) is 10.0 Å². The molecule has 134 valence electrons. The molecule has 0 aromatic heterocycles. The molecule has 0 aliphatic carbocycles. The Morgan fingerprint density at radius 3 is 1.79 bits per heavy atom. The number of hydrogen-bond acceptors (Lipinski definition) is 2. The second-order valence-corrected chi connectivity index (χ2v) is 5.94. The summed E-state index contributed by atoms with van der Waals surface area (Å²) in [6.45, 7) is 10.7. The first-order chi connectivity index (χ1) is 11.6. The summed E-state index contributed by atoms with van der Waals surface area (Å²) in [7, 11) is 0. The first-order valence-electron chi connectivity index (χ1n) is 8.03. The molecule has 0 radical (unpaired) electrons. The highest BCUT2D eigenvalue weighted by atomic mass is 79.9. The zero-order chi connectivity index (χ0) is 18.5. The Labute approximate surface area is 164 Å². The van der Waals surface area contributed by atoms with E-state index in [-0.39, 0.29) is 0 Å². The van der Waals surface area contributed by atoms with Crippen molar-refractivity contribution >= 4 is 39.1 Å². The molecule has 0 unspecified atom stereocenters. The SMILES string of the molecule is CC.CC.Cc1cc(Cl)c(OCCOc2ccc(Br)cc2)c(Cl)c1. The Hall–Kier alpha value is -0.900. The maximum atomic E-state index is 6.09. The smallest absolute Gasteiger partial charge is 0.156 e. The summed E-state index contributed by atoms with van der Waals surface area (Å²) < 4.78 is 12.1. The third-order valence-electron chi connectivity index (χ3n) is 2.55. The summed E-state index contributed by atoms with van der Waals surface area (Å²) in [4.78, 5) is 0. The molecule has 0 aliphatic heterocycles. The Kier molecular flexibility index (Phi) is 12.9. The predicted octanol–water partition coefficient (Wildman–Crippen LogP) is 7.57. The Balaban J connectivity index is 0.00000123. The van der Waals surface area contributed by atoms with Crippen molar-refractivity contribution in [3.8, 4) is 11.5 Å². The molecule has 2 nitrogen and oxygen atoms in total. The fourth-order valence-corrected chi connectivity index (χ4v) is 2.63. The minimum atomic E-state index is 0.374. The van der Waals surface area contributed by atoms with Gasteiger partial charge in [-0.2, -0.15) is 0 Å². The van der Waals surface area contributed by atoms with Gasteiger partial charge in [-0.25, -0.2) is 0 Å². The summed E-state index contributed by atoms with van der Waals surface area (Å²) in [6.07, 6.45) is 0. The van der Waals surface area contributed by atoms with Gasteiger partial charge < -0.3 is 9.47 Å². The van der Waals surface area contributed by atoms with Crippen molar-refractivity contribution in [2.45, 2.75) is 34.6 Å². The van der Waals surface area contributed by atoms with E-state index in [9.17, 15) is 0 Å². The Bertz CT molecular complexity index is 563. The summed E-state index contributed by atoms with van der Waals surface area (Å²) in [5.74, 6) is 1.29. The van der Waals surface area contributed by atoms with Gasteiger partial charge in [0.25, 0.3) is 0 Å². The van der Waals surface area contributed by atoms with Gasteiger partial charge in [0, 0.05) is 4.47 Å². The van der Waals surface area contributed by atoms with E-state index < -0.39 is 0 Å². The molecule has 0 heterocycles. The normalized spacial score (nSPS) is 9.17. The van der Waals surface area contributed by atoms with Crippen LogP contribution in [-0.2, 0) is 0 Å². The van der Waals surface area contributed by atoms with Crippen LogP contribution in [-0.4, -0.2) is 13.2 Å². The summed E-state index contributed by atoms with van der Waals surface area (Å²) in [6, 6.07) is 11.2.